The zero-order valence-corrected chi connectivity index (χ0v) is 21.0. The molecule has 186 valence electrons. The second-order valence-corrected chi connectivity index (χ2v) is 8.70. The molecule has 2 aromatic carbocycles. The minimum absolute atomic E-state index is 0.0789. The van der Waals surface area contributed by atoms with Gasteiger partial charge in [0.05, 0.1) is 30.0 Å². The van der Waals surface area contributed by atoms with E-state index < -0.39 is 0 Å². The number of hydrogen-bond acceptors (Lipinski definition) is 4. The molecule has 0 aliphatic rings. The molecule has 0 bridgehead atoms. The van der Waals surface area contributed by atoms with Gasteiger partial charge in [0.25, 0.3) is 5.91 Å². The molecule has 0 fully saturated rings. The summed E-state index contributed by atoms with van der Waals surface area (Å²) in [7, 11) is 0. The predicted octanol–water partition coefficient (Wildman–Crippen LogP) is 6.36. The Hall–Kier alpha value is -3.54. The third-order valence-corrected chi connectivity index (χ3v) is 6.02. The number of amides is 2. The van der Waals surface area contributed by atoms with Gasteiger partial charge in [-0.05, 0) is 55.2 Å². The van der Waals surface area contributed by atoms with Gasteiger partial charge in [-0.25, -0.2) is 0 Å². The third-order valence-electron chi connectivity index (χ3n) is 6.02. The van der Waals surface area contributed by atoms with Crippen molar-refractivity contribution in [3.8, 4) is 0 Å². The topological polar surface area (TPSA) is 74.6 Å². The molecule has 6 nitrogen and oxygen atoms in total. The van der Waals surface area contributed by atoms with E-state index in [9.17, 15) is 9.59 Å². The number of nitrogens with zero attached hydrogens (tertiary/aromatic N) is 1. The molecule has 2 N–H and O–H groups in total. The van der Waals surface area contributed by atoms with Crippen LogP contribution in [0.25, 0.3) is 0 Å². The van der Waals surface area contributed by atoms with Crippen LogP contribution < -0.4 is 15.5 Å². The number of carbonyl (C=O) groups is 2. The Bertz CT molecular complexity index is 1060. The van der Waals surface area contributed by atoms with Crippen LogP contribution in [0.1, 0.15) is 74.1 Å². The lowest BCUT2D eigenvalue weighted by atomic mass is 9.95. The number of hydrogen-bond donors (Lipinski definition) is 2. The SMILES string of the molecule is CCCCN(Cc1ccco1)c1ccc(NC(=O)C(CC)c2ccccc2)cc1C(=O)NCCC. The van der Waals surface area contributed by atoms with Gasteiger partial charge in [0, 0.05) is 18.8 Å². The van der Waals surface area contributed by atoms with Crippen molar-refractivity contribution in [2.24, 2.45) is 0 Å². The maximum absolute atomic E-state index is 13.2. The number of unbranched alkanes of at least 4 members (excludes halogenated alkanes) is 1. The number of anilines is 2. The molecule has 0 aliphatic carbocycles. The van der Waals surface area contributed by atoms with Gasteiger partial charge in [0.15, 0.2) is 0 Å². The fourth-order valence-corrected chi connectivity index (χ4v) is 4.12. The molecule has 0 aliphatic heterocycles. The Morgan fingerprint density at radius 3 is 2.43 bits per heavy atom. The zero-order valence-electron chi connectivity index (χ0n) is 21.0. The lowest BCUT2D eigenvalue weighted by Gasteiger charge is -2.27. The summed E-state index contributed by atoms with van der Waals surface area (Å²) in [6.45, 7) is 8.13. The largest absolute Gasteiger partial charge is 0.467 e. The van der Waals surface area contributed by atoms with E-state index in [0.29, 0.717) is 30.8 Å². The van der Waals surface area contributed by atoms with Crippen molar-refractivity contribution in [1.82, 2.24) is 5.32 Å². The Balaban J connectivity index is 1.91. The van der Waals surface area contributed by atoms with Crippen molar-refractivity contribution in [3.63, 3.8) is 0 Å². The van der Waals surface area contributed by atoms with Crippen LogP contribution >= 0.6 is 0 Å². The number of rotatable bonds is 13. The van der Waals surface area contributed by atoms with Crippen molar-refractivity contribution >= 4 is 23.2 Å². The second-order valence-electron chi connectivity index (χ2n) is 8.70. The first kappa shape index (κ1) is 26.1. The maximum Gasteiger partial charge on any atom is 0.253 e. The fourth-order valence-electron chi connectivity index (χ4n) is 4.12. The van der Waals surface area contributed by atoms with Gasteiger partial charge >= 0.3 is 0 Å². The van der Waals surface area contributed by atoms with E-state index in [1.165, 1.54) is 0 Å². The summed E-state index contributed by atoms with van der Waals surface area (Å²) in [5, 5.41) is 6.04. The van der Waals surface area contributed by atoms with Crippen molar-refractivity contribution in [2.45, 2.75) is 58.9 Å². The van der Waals surface area contributed by atoms with Gasteiger partial charge in [-0.1, -0.05) is 57.5 Å². The highest BCUT2D eigenvalue weighted by Crippen LogP contribution is 2.28. The predicted molar refractivity (Wildman–Crippen MR) is 142 cm³/mol. The average molecular weight is 476 g/mol. The average Bonchev–Trinajstić information content (AvgIpc) is 3.39. The van der Waals surface area contributed by atoms with Crippen LogP contribution in [0.5, 0.6) is 0 Å². The smallest absolute Gasteiger partial charge is 0.253 e. The lowest BCUT2D eigenvalue weighted by Crippen LogP contribution is -2.30. The standard InChI is InChI=1S/C29H37N3O3/c1-4-7-18-32(21-24-14-11-19-35-24)27-16-15-23(20-26(27)28(33)30-17-5-2)31-29(34)25(6-3)22-12-9-8-10-13-22/h8-16,19-20,25H,4-7,17-18,21H2,1-3H3,(H,30,33)(H,31,34). The fraction of sp³-hybridized carbons (Fsp3) is 0.379. The molecule has 6 heteroatoms. The lowest BCUT2D eigenvalue weighted by molar-refractivity contribution is -0.117. The van der Waals surface area contributed by atoms with Crippen LogP contribution in [0.4, 0.5) is 11.4 Å². The van der Waals surface area contributed by atoms with Crippen LogP contribution in [0.3, 0.4) is 0 Å². The van der Waals surface area contributed by atoms with Gasteiger partial charge in [0.1, 0.15) is 5.76 Å². The van der Waals surface area contributed by atoms with Gasteiger partial charge in [0.2, 0.25) is 5.91 Å². The van der Waals surface area contributed by atoms with E-state index in [-0.39, 0.29) is 17.7 Å². The van der Waals surface area contributed by atoms with Crippen LogP contribution in [0, 0.1) is 0 Å². The number of benzene rings is 2. The summed E-state index contributed by atoms with van der Waals surface area (Å²) >= 11 is 0. The molecule has 0 radical (unpaired) electrons. The Kier molecular flexibility index (Phi) is 9.96. The summed E-state index contributed by atoms with van der Waals surface area (Å²) < 4.78 is 5.59. The first-order valence-electron chi connectivity index (χ1n) is 12.6. The van der Waals surface area contributed by atoms with Gasteiger partial charge in [-0.3, -0.25) is 9.59 Å². The van der Waals surface area contributed by atoms with Crippen LogP contribution in [0.15, 0.2) is 71.3 Å². The number of carbonyl (C=O) groups excluding carboxylic acids is 2. The molecular weight excluding hydrogens is 438 g/mol. The monoisotopic (exact) mass is 475 g/mol. The van der Waals surface area contributed by atoms with Crippen molar-refractivity contribution in [3.05, 3.63) is 83.8 Å². The molecule has 0 spiro atoms. The highest BCUT2D eigenvalue weighted by molar-refractivity contribution is 6.02. The number of furan rings is 1. The molecule has 1 aromatic heterocycles. The van der Waals surface area contributed by atoms with E-state index in [1.54, 1.807) is 12.3 Å². The zero-order chi connectivity index (χ0) is 25.0. The Morgan fingerprint density at radius 1 is 0.971 bits per heavy atom. The molecule has 3 aromatic rings. The molecule has 1 heterocycles. The van der Waals surface area contributed by atoms with Crippen LogP contribution in [-0.4, -0.2) is 24.9 Å². The highest BCUT2D eigenvalue weighted by Gasteiger charge is 2.22. The molecular formula is C29H37N3O3. The van der Waals surface area contributed by atoms with E-state index in [1.807, 2.05) is 68.4 Å². The summed E-state index contributed by atoms with van der Waals surface area (Å²) in [4.78, 5) is 28.5. The van der Waals surface area contributed by atoms with E-state index in [0.717, 1.165) is 42.8 Å². The van der Waals surface area contributed by atoms with Crippen LogP contribution in [0.2, 0.25) is 0 Å². The van der Waals surface area contributed by atoms with Gasteiger partial charge in [-0.2, -0.15) is 0 Å². The highest BCUT2D eigenvalue weighted by atomic mass is 16.3. The summed E-state index contributed by atoms with van der Waals surface area (Å²) in [5.74, 6) is 0.360. The maximum atomic E-state index is 13.2. The molecule has 35 heavy (non-hydrogen) atoms. The third kappa shape index (κ3) is 7.22. The molecule has 0 saturated heterocycles. The Labute approximate surface area is 208 Å². The summed E-state index contributed by atoms with van der Waals surface area (Å²) in [6, 6.07) is 19.2. The van der Waals surface area contributed by atoms with E-state index in [2.05, 4.69) is 22.5 Å². The van der Waals surface area contributed by atoms with Crippen molar-refractivity contribution in [1.29, 1.82) is 0 Å². The quantitative estimate of drug-likeness (QED) is 0.302. The van der Waals surface area contributed by atoms with Gasteiger partial charge in [-0.15, -0.1) is 0 Å². The summed E-state index contributed by atoms with van der Waals surface area (Å²) in [5.41, 5.74) is 2.97. The minimum Gasteiger partial charge on any atom is -0.467 e. The molecule has 1 unspecified atom stereocenters. The van der Waals surface area contributed by atoms with Crippen molar-refractivity contribution in [2.75, 3.05) is 23.3 Å². The van der Waals surface area contributed by atoms with E-state index in [4.69, 9.17) is 4.42 Å². The van der Waals surface area contributed by atoms with Crippen molar-refractivity contribution < 1.29 is 14.0 Å². The molecule has 2 amide bonds. The molecule has 0 saturated carbocycles. The number of nitrogens with one attached hydrogen (secondary N) is 2. The van der Waals surface area contributed by atoms with Crippen LogP contribution in [-0.2, 0) is 11.3 Å². The van der Waals surface area contributed by atoms with E-state index >= 15 is 0 Å². The Morgan fingerprint density at radius 2 is 1.77 bits per heavy atom. The van der Waals surface area contributed by atoms with Gasteiger partial charge < -0.3 is 20.0 Å². The second kappa shape index (κ2) is 13.4. The first-order chi connectivity index (χ1) is 17.1. The minimum atomic E-state index is -0.256. The summed E-state index contributed by atoms with van der Waals surface area (Å²) in [6.07, 6.45) is 5.23. The molecule has 1 atom stereocenters. The first-order valence-corrected chi connectivity index (χ1v) is 12.6. The normalized spacial score (nSPS) is 11.6. The molecule has 3 rings (SSSR count).